The standard InChI is InChI=1S/C10H15ClN2O/c1-6(11)4-10(14)9-5-12-8(3)13-7(9)2/h5-6,10,14H,4H2,1-3H3. The first-order valence-corrected chi connectivity index (χ1v) is 5.06. The molecule has 1 N–H and O–H groups in total. The van der Waals surface area contributed by atoms with Gasteiger partial charge < -0.3 is 5.11 Å². The number of alkyl halides is 1. The zero-order valence-electron chi connectivity index (χ0n) is 8.66. The summed E-state index contributed by atoms with van der Waals surface area (Å²) in [5.74, 6) is 0.720. The van der Waals surface area contributed by atoms with Gasteiger partial charge in [0, 0.05) is 22.8 Å². The Bertz CT molecular complexity index is 315. The summed E-state index contributed by atoms with van der Waals surface area (Å²) in [5.41, 5.74) is 1.59. The molecule has 0 aromatic carbocycles. The van der Waals surface area contributed by atoms with Gasteiger partial charge in [-0.1, -0.05) is 0 Å². The predicted octanol–water partition coefficient (Wildman–Crippen LogP) is 2.14. The van der Waals surface area contributed by atoms with Crippen LogP contribution in [0.2, 0.25) is 0 Å². The number of nitrogens with zero attached hydrogens (tertiary/aromatic N) is 2. The number of halogens is 1. The van der Waals surface area contributed by atoms with Crippen molar-refractivity contribution in [2.45, 2.75) is 38.7 Å². The first-order valence-electron chi connectivity index (χ1n) is 4.63. The third kappa shape index (κ3) is 2.93. The highest BCUT2D eigenvalue weighted by Crippen LogP contribution is 2.21. The molecular formula is C10H15ClN2O. The Morgan fingerprint density at radius 2 is 2.14 bits per heavy atom. The fourth-order valence-electron chi connectivity index (χ4n) is 1.35. The summed E-state index contributed by atoms with van der Waals surface area (Å²) in [4.78, 5) is 8.24. The third-order valence-electron chi connectivity index (χ3n) is 2.04. The van der Waals surface area contributed by atoms with Gasteiger partial charge in [-0.05, 0) is 27.2 Å². The largest absolute Gasteiger partial charge is 0.388 e. The van der Waals surface area contributed by atoms with Crippen LogP contribution in [0.25, 0.3) is 0 Å². The molecule has 78 valence electrons. The maximum Gasteiger partial charge on any atom is 0.125 e. The van der Waals surface area contributed by atoms with Gasteiger partial charge in [-0.2, -0.15) is 0 Å². The highest BCUT2D eigenvalue weighted by Gasteiger charge is 2.14. The molecule has 0 radical (unpaired) electrons. The van der Waals surface area contributed by atoms with Crippen LogP contribution >= 0.6 is 11.6 Å². The summed E-state index contributed by atoms with van der Waals surface area (Å²) < 4.78 is 0. The van der Waals surface area contributed by atoms with Gasteiger partial charge in [0.1, 0.15) is 5.82 Å². The second kappa shape index (κ2) is 4.71. The van der Waals surface area contributed by atoms with Crippen LogP contribution in [0.1, 0.15) is 36.5 Å². The molecular weight excluding hydrogens is 200 g/mol. The van der Waals surface area contributed by atoms with Crippen LogP contribution in [0.3, 0.4) is 0 Å². The lowest BCUT2D eigenvalue weighted by Crippen LogP contribution is -2.07. The Kier molecular flexibility index (Phi) is 3.84. The molecule has 0 aliphatic rings. The van der Waals surface area contributed by atoms with E-state index < -0.39 is 6.10 Å². The van der Waals surface area contributed by atoms with Crippen LogP contribution in [0.5, 0.6) is 0 Å². The van der Waals surface area contributed by atoms with Crippen LogP contribution in [0.4, 0.5) is 0 Å². The van der Waals surface area contributed by atoms with Gasteiger partial charge in [-0.15, -0.1) is 11.6 Å². The average molecular weight is 215 g/mol. The van der Waals surface area contributed by atoms with E-state index in [0.717, 1.165) is 17.1 Å². The predicted molar refractivity (Wildman–Crippen MR) is 56.4 cm³/mol. The lowest BCUT2D eigenvalue weighted by Gasteiger charge is -2.13. The Hall–Kier alpha value is -0.670. The molecule has 3 nitrogen and oxygen atoms in total. The number of aromatic nitrogens is 2. The van der Waals surface area contributed by atoms with Gasteiger partial charge in [0.05, 0.1) is 6.10 Å². The molecule has 0 spiro atoms. The van der Waals surface area contributed by atoms with Crippen LogP contribution in [-0.2, 0) is 0 Å². The van der Waals surface area contributed by atoms with Crippen molar-refractivity contribution < 1.29 is 5.11 Å². The summed E-state index contributed by atoms with van der Waals surface area (Å²) in [5, 5.41) is 9.75. The monoisotopic (exact) mass is 214 g/mol. The summed E-state index contributed by atoms with van der Waals surface area (Å²) in [6.45, 7) is 5.55. The molecule has 0 fully saturated rings. The van der Waals surface area contributed by atoms with E-state index in [2.05, 4.69) is 9.97 Å². The molecule has 0 amide bonds. The summed E-state index contributed by atoms with van der Waals surface area (Å²) in [6, 6.07) is 0. The molecule has 1 heterocycles. The molecule has 4 heteroatoms. The van der Waals surface area contributed by atoms with Crippen molar-refractivity contribution in [3.63, 3.8) is 0 Å². The highest BCUT2D eigenvalue weighted by molar-refractivity contribution is 6.20. The van der Waals surface area contributed by atoms with Crippen LogP contribution < -0.4 is 0 Å². The normalized spacial score (nSPS) is 15.2. The van der Waals surface area contributed by atoms with Crippen LogP contribution in [0, 0.1) is 13.8 Å². The molecule has 0 bridgehead atoms. The van der Waals surface area contributed by atoms with E-state index in [0.29, 0.717) is 6.42 Å². The van der Waals surface area contributed by atoms with Crippen LogP contribution in [-0.4, -0.2) is 20.5 Å². The molecule has 0 aliphatic carbocycles. The fraction of sp³-hybridized carbons (Fsp3) is 0.600. The van der Waals surface area contributed by atoms with E-state index in [1.807, 2.05) is 20.8 Å². The first-order chi connectivity index (χ1) is 6.50. The quantitative estimate of drug-likeness (QED) is 0.785. The van der Waals surface area contributed by atoms with Gasteiger partial charge >= 0.3 is 0 Å². The Labute approximate surface area is 89.2 Å². The zero-order valence-corrected chi connectivity index (χ0v) is 9.41. The van der Waals surface area contributed by atoms with Gasteiger partial charge in [0.2, 0.25) is 0 Å². The number of aliphatic hydroxyl groups excluding tert-OH is 1. The Morgan fingerprint density at radius 3 is 2.64 bits per heavy atom. The average Bonchev–Trinajstić information content (AvgIpc) is 2.01. The molecule has 14 heavy (non-hydrogen) atoms. The molecule has 0 saturated heterocycles. The minimum atomic E-state index is -0.567. The van der Waals surface area contributed by atoms with E-state index in [4.69, 9.17) is 11.6 Å². The fourth-order valence-corrected chi connectivity index (χ4v) is 1.52. The van der Waals surface area contributed by atoms with Crippen molar-refractivity contribution in [3.05, 3.63) is 23.3 Å². The third-order valence-corrected chi connectivity index (χ3v) is 2.22. The number of hydrogen-bond acceptors (Lipinski definition) is 3. The minimum Gasteiger partial charge on any atom is -0.388 e. The smallest absolute Gasteiger partial charge is 0.125 e. The minimum absolute atomic E-state index is 0.0503. The lowest BCUT2D eigenvalue weighted by molar-refractivity contribution is 0.166. The summed E-state index contributed by atoms with van der Waals surface area (Å²) in [7, 11) is 0. The Balaban J connectivity index is 2.84. The molecule has 1 aromatic heterocycles. The van der Waals surface area contributed by atoms with Crippen molar-refractivity contribution in [2.24, 2.45) is 0 Å². The van der Waals surface area contributed by atoms with E-state index in [1.54, 1.807) is 6.20 Å². The van der Waals surface area contributed by atoms with Crippen molar-refractivity contribution in [1.82, 2.24) is 9.97 Å². The maximum absolute atomic E-state index is 9.80. The number of aliphatic hydroxyl groups is 1. The van der Waals surface area contributed by atoms with Crippen LogP contribution in [0.15, 0.2) is 6.20 Å². The molecule has 1 rings (SSSR count). The van der Waals surface area contributed by atoms with E-state index in [1.165, 1.54) is 0 Å². The van der Waals surface area contributed by atoms with Gasteiger partial charge in [0.25, 0.3) is 0 Å². The SMILES string of the molecule is Cc1ncc(C(O)CC(C)Cl)c(C)n1. The molecule has 1 aromatic rings. The number of hydrogen-bond donors (Lipinski definition) is 1. The molecule has 2 atom stereocenters. The van der Waals surface area contributed by atoms with Crippen molar-refractivity contribution in [3.8, 4) is 0 Å². The highest BCUT2D eigenvalue weighted by atomic mass is 35.5. The van der Waals surface area contributed by atoms with Crippen molar-refractivity contribution >= 4 is 11.6 Å². The second-order valence-electron chi connectivity index (χ2n) is 3.49. The Morgan fingerprint density at radius 1 is 1.50 bits per heavy atom. The van der Waals surface area contributed by atoms with Crippen molar-refractivity contribution in [1.29, 1.82) is 0 Å². The molecule has 0 saturated carbocycles. The summed E-state index contributed by atoms with van der Waals surface area (Å²) >= 11 is 5.81. The molecule has 2 unspecified atom stereocenters. The number of rotatable bonds is 3. The zero-order chi connectivity index (χ0) is 10.7. The van der Waals surface area contributed by atoms with E-state index in [9.17, 15) is 5.11 Å². The maximum atomic E-state index is 9.80. The van der Waals surface area contributed by atoms with Gasteiger partial charge in [-0.3, -0.25) is 0 Å². The summed E-state index contributed by atoms with van der Waals surface area (Å²) in [6.07, 6.45) is 1.62. The first kappa shape index (κ1) is 11.4. The number of aryl methyl sites for hydroxylation is 2. The van der Waals surface area contributed by atoms with Gasteiger partial charge in [-0.25, -0.2) is 9.97 Å². The topological polar surface area (TPSA) is 46.0 Å². The van der Waals surface area contributed by atoms with Gasteiger partial charge in [0.15, 0.2) is 0 Å². The van der Waals surface area contributed by atoms with E-state index in [-0.39, 0.29) is 5.38 Å². The lowest BCUT2D eigenvalue weighted by atomic mass is 10.1. The van der Waals surface area contributed by atoms with E-state index >= 15 is 0 Å². The second-order valence-corrected chi connectivity index (χ2v) is 4.24. The van der Waals surface area contributed by atoms with Crippen molar-refractivity contribution in [2.75, 3.05) is 0 Å². The molecule has 0 aliphatic heterocycles.